The number of phenolic OH excluding ortho intramolecular Hbond substituents is 1. The van der Waals surface area contributed by atoms with Crippen molar-refractivity contribution in [1.82, 2.24) is 0 Å². The number of hydrogen-bond donors (Lipinski definition) is 1. The van der Waals surface area contributed by atoms with Crippen LogP contribution in [0.5, 0.6) is 5.75 Å². The Labute approximate surface area is 152 Å². The molecule has 0 spiro atoms. The third kappa shape index (κ3) is 2.39. The molecule has 6 nitrogen and oxygen atoms in total. The number of hydrogen-bond acceptors (Lipinski definition) is 4. The number of anilines is 2. The minimum absolute atomic E-state index is 0.113. The van der Waals surface area contributed by atoms with Crippen LogP contribution >= 0.6 is 34.8 Å². The SMILES string of the molecule is CN1C(=O)N(c2ccc(Cl)cc2)S(=O)(=O)c2cc(Cl)c(O)c(Cl)c21. The molecule has 1 heterocycles. The fourth-order valence-electron chi connectivity index (χ4n) is 2.34. The lowest BCUT2D eigenvalue weighted by molar-refractivity contribution is 0.255. The molecule has 0 aliphatic carbocycles. The van der Waals surface area contributed by atoms with Crippen molar-refractivity contribution in [2.45, 2.75) is 4.90 Å². The number of fused-ring (bicyclic) bond motifs is 1. The van der Waals surface area contributed by atoms with Gasteiger partial charge in [0, 0.05) is 12.1 Å². The van der Waals surface area contributed by atoms with E-state index in [1.807, 2.05) is 0 Å². The van der Waals surface area contributed by atoms with Crippen LogP contribution < -0.4 is 9.21 Å². The third-order valence-corrected chi connectivity index (χ3v) is 6.12. The van der Waals surface area contributed by atoms with E-state index < -0.39 is 21.8 Å². The summed E-state index contributed by atoms with van der Waals surface area (Å²) in [4.78, 5) is 13.4. The zero-order valence-corrected chi connectivity index (χ0v) is 15.1. The van der Waals surface area contributed by atoms with Crippen LogP contribution in [0.25, 0.3) is 0 Å². The predicted molar refractivity (Wildman–Crippen MR) is 93.0 cm³/mol. The van der Waals surface area contributed by atoms with Crippen molar-refractivity contribution < 1.29 is 18.3 Å². The summed E-state index contributed by atoms with van der Waals surface area (Å²) in [6.45, 7) is 0. The van der Waals surface area contributed by atoms with Gasteiger partial charge in [-0.1, -0.05) is 34.8 Å². The van der Waals surface area contributed by atoms with E-state index >= 15 is 0 Å². The van der Waals surface area contributed by atoms with Crippen molar-refractivity contribution in [3.63, 3.8) is 0 Å². The van der Waals surface area contributed by atoms with E-state index in [1.54, 1.807) is 0 Å². The summed E-state index contributed by atoms with van der Waals surface area (Å²) in [7, 11) is -2.93. The lowest BCUT2D eigenvalue weighted by Gasteiger charge is -2.34. The molecular formula is C14H9Cl3N2O4S. The van der Waals surface area contributed by atoms with Crippen LogP contribution in [0, 0.1) is 0 Å². The molecule has 0 atom stereocenters. The molecular weight excluding hydrogens is 399 g/mol. The van der Waals surface area contributed by atoms with Crippen LogP contribution in [-0.4, -0.2) is 26.6 Å². The number of carbonyl (C=O) groups is 1. The van der Waals surface area contributed by atoms with E-state index in [4.69, 9.17) is 34.8 Å². The van der Waals surface area contributed by atoms with Crippen molar-refractivity contribution >= 4 is 62.2 Å². The van der Waals surface area contributed by atoms with Gasteiger partial charge in [0.15, 0.2) is 5.75 Å². The first-order valence-electron chi connectivity index (χ1n) is 6.46. The van der Waals surface area contributed by atoms with Gasteiger partial charge in [0.05, 0.1) is 16.4 Å². The van der Waals surface area contributed by atoms with Crippen LogP contribution in [0.2, 0.25) is 15.1 Å². The highest BCUT2D eigenvalue weighted by molar-refractivity contribution is 7.94. The number of phenols is 1. The molecule has 2 aromatic rings. The first kappa shape index (κ1) is 17.2. The molecule has 1 aliphatic rings. The minimum Gasteiger partial charge on any atom is -0.505 e. The summed E-state index contributed by atoms with van der Waals surface area (Å²) in [6, 6.07) is 5.94. The average Bonchev–Trinajstić information content (AvgIpc) is 2.52. The first-order valence-corrected chi connectivity index (χ1v) is 9.03. The van der Waals surface area contributed by atoms with E-state index in [1.165, 1.54) is 31.3 Å². The Balaban J connectivity index is 2.31. The number of sulfonamides is 1. The molecule has 2 aromatic carbocycles. The summed E-state index contributed by atoms with van der Waals surface area (Å²) >= 11 is 17.6. The Bertz CT molecular complexity index is 961. The van der Waals surface area contributed by atoms with Gasteiger partial charge in [-0.15, -0.1) is 0 Å². The molecule has 0 fully saturated rings. The predicted octanol–water partition coefficient (Wildman–Crippen LogP) is 4.12. The van der Waals surface area contributed by atoms with Gasteiger partial charge in [-0.2, -0.15) is 4.31 Å². The molecule has 0 saturated carbocycles. The smallest absolute Gasteiger partial charge is 0.343 e. The van der Waals surface area contributed by atoms with Crippen LogP contribution in [0.1, 0.15) is 0 Å². The van der Waals surface area contributed by atoms with Gasteiger partial charge >= 0.3 is 6.03 Å². The molecule has 24 heavy (non-hydrogen) atoms. The molecule has 0 aromatic heterocycles. The summed E-state index contributed by atoms with van der Waals surface area (Å²) in [6.07, 6.45) is 0. The van der Waals surface area contributed by atoms with Crippen molar-refractivity contribution in [3.05, 3.63) is 45.4 Å². The van der Waals surface area contributed by atoms with Gasteiger partial charge in [-0.3, -0.25) is 4.90 Å². The molecule has 3 rings (SSSR count). The van der Waals surface area contributed by atoms with E-state index in [2.05, 4.69) is 0 Å². The van der Waals surface area contributed by atoms with Crippen LogP contribution in [-0.2, 0) is 10.0 Å². The number of benzene rings is 2. The quantitative estimate of drug-likeness (QED) is 0.771. The van der Waals surface area contributed by atoms with Gasteiger partial charge in [0.1, 0.15) is 9.92 Å². The normalized spacial score (nSPS) is 16.2. The highest BCUT2D eigenvalue weighted by Crippen LogP contribution is 2.47. The summed E-state index contributed by atoms with van der Waals surface area (Å²) < 4.78 is 26.4. The van der Waals surface area contributed by atoms with Crippen LogP contribution in [0.15, 0.2) is 35.2 Å². The second-order valence-electron chi connectivity index (χ2n) is 4.96. The largest absolute Gasteiger partial charge is 0.505 e. The Kier molecular flexibility index (Phi) is 4.08. The topological polar surface area (TPSA) is 77.9 Å². The number of halogens is 3. The maximum absolute atomic E-state index is 12.9. The van der Waals surface area contributed by atoms with Gasteiger partial charge in [-0.25, -0.2) is 13.2 Å². The Morgan fingerprint density at radius 1 is 1.08 bits per heavy atom. The van der Waals surface area contributed by atoms with Gasteiger partial charge in [0.2, 0.25) is 0 Å². The van der Waals surface area contributed by atoms with Crippen molar-refractivity contribution in [2.24, 2.45) is 0 Å². The van der Waals surface area contributed by atoms with E-state index in [-0.39, 0.29) is 26.3 Å². The van der Waals surface area contributed by atoms with E-state index in [0.717, 1.165) is 11.0 Å². The number of rotatable bonds is 1. The van der Waals surface area contributed by atoms with Gasteiger partial charge in [0.25, 0.3) is 10.0 Å². The number of aromatic hydroxyl groups is 1. The Morgan fingerprint density at radius 3 is 2.25 bits per heavy atom. The van der Waals surface area contributed by atoms with E-state index in [0.29, 0.717) is 9.33 Å². The Morgan fingerprint density at radius 2 is 1.67 bits per heavy atom. The molecule has 1 N–H and O–H groups in total. The second kappa shape index (κ2) is 5.70. The van der Waals surface area contributed by atoms with Gasteiger partial charge < -0.3 is 5.11 Å². The molecule has 10 heteroatoms. The van der Waals surface area contributed by atoms with Crippen molar-refractivity contribution in [1.29, 1.82) is 0 Å². The highest BCUT2D eigenvalue weighted by Gasteiger charge is 2.43. The first-order chi connectivity index (χ1) is 11.2. The number of carbonyl (C=O) groups excluding carboxylic acids is 1. The summed E-state index contributed by atoms with van der Waals surface area (Å²) in [5, 5.41) is 9.67. The molecule has 0 unspecified atom stereocenters. The van der Waals surface area contributed by atoms with Crippen LogP contribution in [0.3, 0.4) is 0 Å². The zero-order valence-electron chi connectivity index (χ0n) is 12.0. The molecule has 2 amide bonds. The number of amides is 2. The molecule has 126 valence electrons. The zero-order chi connectivity index (χ0) is 17.8. The van der Waals surface area contributed by atoms with Gasteiger partial charge in [-0.05, 0) is 30.3 Å². The lowest BCUT2D eigenvalue weighted by Crippen LogP contribution is -2.49. The maximum atomic E-state index is 12.9. The number of nitrogens with zero attached hydrogens (tertiary/aromatic N) is 2. The Hall–Kier alpha value is -1.67. The lowest BCUT2D eigenvalue weighted by atomic mass is 10.2. The summed E-state index contributed by atoms with van der Waals surface area (Å²) in [5.74, 6) is -0.494. The summed E-state index contributed by atoms with van der Waals surface area (Å²) in [5.41, 5.74) is -0.0176. The maximum Gasteiger partial charge on any atom is 0.343 e. The average molecular weight is 408 g/mol. The monoisotopic (exact) mass is 406 g/mol. The van der Waals surface area contributed by atoms with Crippen molar-refractivity contribution in [3.8, 4) is 5.75 Å². The number of urea groups is 1. The molecule has 0 radical (unpaired) electrons. The van der Waals surface area contributed by atoms with Crippen LogP contribution in [0.4, 0.5) is 16.2 Å². The molecule has 0 saturated heterocycles. The fourth-order valence-corrected chi connectivity index (χ4v) is 4.85. The highest BCUT2D eigenvalue weighted by atomic mass is 35.5. The molecule has 1 aliphatic heterocycles. The van der Waals surface area contributed by atoms with Crippen molar-refractivity contribution in [2.75, 3.05) is 16.3 Å². The fraction of sp³-hybridized carbons (Fsp3) is 0.0714. The molecule has 0 bridgehead atoms. The second-order valence-corrected chi connectivity index (χ2v) is 7.93. The van der Waals surface area contributed by atoms with E-state index in [9.17, 15) is 18.3 Å². The standard InChI is InChI=1S/C14H9Cl3N2O4S/c1-18-12-10(6-9(16)13(20)11(12)17)24(22,23)19(14(18)21)8-4-2-7(15)3-5-8/h2-6,20H,1H3. The third-order valence-electron chi connectivity index (χ3n) is 3.51. The minimum atomic E-state index is -4.27.